The molecule has 3 N–H and O–H groups in total. The van der Waals surface area contributed by atoms with Crippen LogP contribution in [0.2, 0.25) is 0 Å². The number of rotatable bonds is 6. The summed E-state index contributed by atoms with van der Waals surface area (Å²) in [7, 11) is -3.59. The molecular weight excluding hydrogens is 372 g/mol. The molecule has 0 aliphatic rings. The molecule has 3 aromatic rings. The molecule has 0 unspecified atom stereocenters. The van der Waals surface area contributed by atoms with Crippen LogP contribution in [0.5, 0.6) is 0 Å². The number of carbonyl (C=O) groups excluding carboxylic acids is 1. The fourth-order valence-electron chi connectivity index (χ4n) is 2.18. The number of hydrogen-bond donors (Lipinski definition) is 3. The molecule has 0 radical (unpaired) electrons. The fraction of sp³-hybridized carbons (Fsp3) is 0.0588. The maximum Gasteiger partial charge on any atom is 0.271 e. The van der Waals surface area contributed by atoms with Gasteiger partial charge < -0.3 is 10.6 Å². The van der Waals surface area contributed by atoms with E-state index in [1.807, 2.05) is 6.07 Å². The molecule has 0 spiro atoms. The average molecular weight is 388 g/mol. The Balaban J connectivity index is 1.69. The summed E-state index contributed by atoms with van der Waals surface area (Å²) in [4.78, 5) is 15.3. The van der Waals surface area contributed by atoms with Gasteiger partial charge in [0.2, 0.25) is 5.91 Å². The summed E-state index contributed by atoms with van der Waals surface area (Å²) in [6.45, 7) is 1.44. The van der Waals surface area contributed by atoms with E-state index >= 15 is 0 Å². The second-order valence-corrected chi connectivity index (χ2v) is 8.21. The van der Waals surface area contributed by atoms with Gasteiger partial charge in [0, 0.05) is 18.3 Å². The second-order valence-electron chi connectivity index (χ2n) is 5.36. The molecule has 2 heterocycles. The predicted molar refractivity (Wildman–Crippen MR) is 103 cm³/mol. The number of aromatic nitrogens is 1. The Hall–Kier alpha value is -2.91. The van der Waals surface area contributed by atoms with Crippen molar-refractivity contribution >= 4 is 50.1 Å². The molecule has 2 aromatic heterocycles. The van der Waals surface area contributed by atoms with Gasteiger partial charge in [-0.05, 0) is 41.8 Å². The van der Waals surface area contributed by atoms with Crippen LogP contribution in [-0.4, -0.2) is 19.3 Å². The van der Waals surface area contributed by atoms with Crippen LogP contribution < -0.4 is 15.4 Å². The molecule has 0 saturated carbocycles. The van der Waals surface area contributed by atoms with Crippen molar-refractivity contribution in [1.29, 1.82) is 0 Å². The molecular formula is C17H16N4O3S2. The Morgan fingerprint density at radius 3 is 2.50 bits per heavy atom. The number of benzene rings is 1. The first kappa shape index (κ1) is 17.9. The molecule has 9 heteroatoms. The van der Waals surface area contributed by atoms with Crippen molar-refractivity contribution in [2.45, 2.75) is 11.1 Å². The number of amides is 1. The highest BCUT2D eigenvalue weighted by Crippen LogP contribution is 2.22. The number of pyridine rings is 1. The van der Waals surface area contributed by atoms with E-state index in [0.717, 1.165) is 17.0 Å². The van der Waals surface area contributed by atoms with Crippen LogP contribution in [0.3, 0.4) is 0 Å². The number of nitrogens with zero attached hydrogens (tertiary/aromatic N) is 1. The largest absolute Gasteiger partial charge is 0.340 e. The summed E-state index contributed by atoms with van der Waals surface area (Å²) >= 11 is 1.15. The van der Waals surface area contributed by atoms with Crippen molar-refractivity contribution in [3.63, 3.8) is 0 Å². The van der Waals surface area contributed by atoms with E-state index in [1.54, 1.807) is 47.8 Å². The summed E-state index contributed by atoms with van der Waals surface area (Å²) in [6, 6.07) is 13.7. The van der Waals surface area contributed by atoms with Crippen molar-refractivity contribution < 1.29 is 13.2 Å². The number of carbonyl (C=O) groups is 1. The molecule has 0 saturated heterocycles. The van der Waals surface area contributed by atoms with Gasteiger partial charge in [0.15, 0.2) is 0 Å². The van der Waals surface area contributed by atoms with Crippen molar-refractivity contribution in [2.75, 3.05) is 15.4 Å². The maximum atomic E-state index is 12.2. The third-order valence-electron chi connectivity index (χ3n) is 3.23. The minimum absolute atomic E-state index is 0.150. The van der Waals surface area contributed by atoms with Crippen LogP contribution in [0.15, 0.2) is 64.3 Å². The van der Waals surface area contributed by atoms with Gasteiger partial charge >= 0.3 is 0 Å². The number of thiophene rings is 1. The summed E-state index contributed by atoms with van der Waals surface area (Å²) in [5.74, 6) is 0.395. The molecule has 0 fully saturated rings. The smallest absolute Gasteiger partial charge is 0.271 e. The van der Waals surface area contributed by atoms with Crippen LogP contribution >= 0.6 is 11.3 Å². The molecule has 0 aliphatic carbocycles. The standard InChI is InChI=1S/C17H16N4O3S2/c1-12(22)19-13-4-2-5-14(10-13)20-16-8-7-15(11-18-16)21-26(23,24)17-6-3-9-25-17/h2-11,21H,1H3,(H,18,20)(H,19,22). The molecule has 0 aliphatic heterocycles. The van der Waals surface area contributed by atoms with Crippen molar-refractivity contribution in [2.24, 2.45) is 0 Å². The Labute approximate surface area is 155 Å². The molecule has 134 valence electrons. The molecule has 0 atom stereocenters. The molecule has 7 nitrogen and oxygen atoms in total. The lowest BCUT2D eigenvalue weighted by Crippen LogP contribution is -2.11. The number of hydrogen-bond acceptors (Lipinski definition) is 6. The van der Waals surface area contributed by atoms with Crippen molar-refractivity contribution in [3.05, 3.63) is 60.1 Å². The lowest BCUT2D eigenvalue weighted by Gasteiger charge is -2.10. The van der Waals surface area contributed by atoms with Crippen LogP contribution in [0.25, 0.3) is 0 Å². The normalized spacial score (nSPS) is 11.0. The molecule has 1 aromatic carbocycles. The van der Waals surface area contributed by atoms with E-state index < -0.39 is 10.0 Å². The zero-order chi connectivity index (χ0) is 18.6. The van der Waals surface area contributed by atoms with Gasteiger partial charge in [-0.3, -0.25) is 9.52 Å². The number of anilines is 4. The van der Waals surface area contributed by atoms with Gasteiger partial charge in [-0.25, -0.2) is 13.4 Å². The number of nitrogens with one attached hydrogen (secondary N) is 3. The lowest BCUT2D eigenvalue weighted by atomic mass is 10.2. The van der Waals surface area contributed by atoms with E-state index in [0.29, 0.717) is 17.2 Å². The topological polar surface area (TPSA) is 100 Å². The van der Waals surface area contributed by atoms with Gasteiger partial charge in [-0.1, -0.05) is 12.1 Å². The van der Waals surface area contributed by atoms with Crippen molar-refractivity contribution in [3.8, 4) is 0 Å². The summed E-state index contributed by atoms with van der Waals surface area (Å²) < 4.78 is 27.1. The number of sulfonamides is 1. The molecule has 26 heavy (non-hydrogen) atoms. The average Bonchev–Trinajstić information content (AvgIpc) is 3.12. The lowest BCUT2D eigenvalue weighted by molar-refractivity contribution is -0.114. The highest BCUT2D eigenvalue weighted by molar-refractivity contribution is 7.94. The third-order valence-corrected chi connectivity index (χ3v) is 6.01. The summed E-state index contributed by atoms with van der Waals surface area (Å²) in [5, 5.41) is 7.50. The molecule has 0 bridgehead atoms. The SMILES string of the molecule is CC(=O)Nc1cccc(Nc2ccc(NS(=O)(=O)c3cccs3)cn2)c1. The maximum absolute atomic E-state index is 12.2. The highest BCUT2D eigenvalue weighted by Gasteiger charge is 2.15. The van der Waals surface area contributed by atoms with E-state index in [2.05, 4.69) is 20.3 Å². The Bertz CT molecular complexity index is 1000. The van der Waals surface area contributed by atoms with E-state index in [1.165, 1.54) is 13.1 Å². The van der Waals surface area contributed by atoms with Crippen LogP contribution in [-0.2, 0) is 14.8 Å². The van der Waals surface area contributed by atoms with E-state index in [4.69, 9.17) is 0 Å². The van der Waals surface area contributed by atoms with Gasteiger partial charge in [0.25, 0.3) is 10.0 Å². The van der Waals surface area contributed by atoms with Crippen LogP contribution in [0.1, 0.15) is 6.92 Å². The predicted octanol–water partition coefficient (Wildman–Crippen LogP) is 3.65. The quantitative estimate of drug-likeness (QED) is 0.598. The summed E-state index contributed by atoms with van der Waals surface area (Å²) in [5.41, 5.74) is 1.79. The minimum Gasteiger partial charge on any atom is -0.340 e. The highest BCUT2D eigenvalue weighted by atomic mass is 32.2. The Morgan fingerprint density at radius 1 is 1.04 bits per heavy atom. The van der Waals surface area contributed by atoms with E-state index in [9.17, 15) is 13.2 Å². The summed E-state index contributed by atoms with van der Waals surface area (Å²) in [6.07, 6.45) is 1.44. The first-order valence-electron chi connectivity index (χ1n) is 7.59. The van der Waals surface area contributed by atoms with Crippen molar-refractivity contribution in [1.82, 2.24) is 4.98 Å². The van der Waals surface area contributed by atoms with Gasteiger partial charge in [0.1, 0.15) is 10.0 Å². The minimum atomic E-state index is -3.59. The third kappa shape index (κ3) is 4.58. The van der Waals surface area contributed by atoms with Gasteiger partial charge in [-0.2, -0.15) is 0 Å². The van der Waals surface area contributed by atoms with Gasteiger partial charge in [-0.15, -0.1) is 11.3 Å². The van der Waals surface area contributed by atoms with Crippen LogP contribution in [0, 0.1) is 0 Å². The monoisotopic (exact) mass is 388 g/mol. The first-order chi connectivity index (χ1) is 12.4. The fourth-order valence-corrected chi connectivity index (χ4v) is 4.21. The molecule has 3 rings (SSSR count). The zero-order valence-corrected chi connectivity index (χ0v) is 15.4. The Morgan fingerprint density at radius 2 is 1.85 bits per heavy atom. The van der Waals surface area contributed by atoms with Gasteiger partial charge in [0.05, 0.1) is 11.9 Å². The molecule has 1 amide bonds. The second kappa shape index (κ2) is 7.54. The van der Waals surface area contributed by atoms with Crippen LogP contribution in [0.4, 0.5) is 22.9 Å². The zero-order valence-electron chi connectivity index (χ0n) is 13.8. The van der Waals surface area contributed by atoms with E-state index in [-0.39, 0.29) is 10.1 Å². The first-order valence-corrected chi connectivity index (χ1v) is 9.96. The Kier molecular flexibility index (Phi) is 5.19.